The normalized spacial score (nSPS) is 15.9. The highest BCUT2D eigenvalue weighted by Gasteiger charge is 2.42. The number of thiophene rings is 1. The molecular weight excluding hydrogens is 567 g/mol. The number of hydrogen-bond acceptors (Lipinski definition) is 7. The van der Waals surface area contributed by atoms with Gasteiger partial charge in [0, 0.05) is 47.3 Å². The van der Waals surface area contributed by atoms with Gasteiger partial charge in [0.15, 0.2) is 11.5 Å². The summed E-state index contributed by atoms with van der Waals surface area (Å²) in [6.07, 6.45) is 0.580. The third-order valence-electron chi connectivity index (χ3n) is 7.03. The first kappa shape index (κ1) is 27.3. The minimum Gasteiger partial charge on any atom is -0.465 e. The molecule has 1 unspecified atom stereocenters. The van der Waals surface area contributed by atoms with Crippen LogP contribution in [0.15, 0.2) is 66.7 Å². The van der Waals surface area contributed by atoms with Crippen molar-refractivity contribution in [3.63, 3.8) is 0 Å². The second kappa shape index (κ2) is 10.8. The van der Waals surface area contributed by atoms with Crippen LogP contribution < -0.4 is 9.47 Å². The van der Waals surface area contributed by atoms with Gasteiger partial charge in [-0.05, 0) is 60.7 Å². The average molecular weight is 593 g/mol. The Labute approximate surface area is 245 Å². The van der Waals surface area contributed by atoms with Gasteiger partial charge in [0.2, 0.25) is 0 Å². The summed E-state index contributed by atoms with van der Waals surface area (Å²) in [4.78, 5) is 19.1. The Morgan fingerprint density at radius 1 is 1.10 bits per heavy atom. The van der Waals surface area contributed by atoms with Crippen LogP contribution in [0.5, 0.6) is 11.5 Å². The molecule has 0 N–H and O–H groups in total. The summed E-state index contributed by atoms with van der Waals surface area (Å²) >= 11 is 7.57. The second-order valence-electron chi connectivity index (χ2n) is 9.72. The molecule has 3 heterocycles. The first-order chi connectivity index (χ1) is 19.8. The van der Waals surface area contributed by atoms with Crippen molar-refractivity contribution in [2.45, 2.75) is 25.7 Å². The number of carbonyl (C=O) groups excluding carboxylic acids is 1. The molecule has 0 amide bonds. The maximum atomic E-state index is 14.8. The number of fused-ring (bicyclic) bond motifs is 2. The molecule has 0 saturated carbocycles. The first-order valence-corrected chi connectivity index (χ1v) is 14.1. The van der Waals surface area contributed by atoms with Crippen LogP contribution in [0, 0.1) is 5.82 Å². The molecule has 41 heavy (non-hydrogen) atoms. The zero-order valence-electron chi connectivity index (χ0n) is 22.6. The van der Waals surface area contributed by atoms with Crippen LogP contribution in [0.3, 0.4) is 0 Å². The molecular formula is C31H26ClFN2O5S. The number of carbonyl (C=O) groups is 1. The molecule has 0 radical (unpaired) electrons. The number of rotatable bonds is 8. The summed E-state index contributed by atoms with van der Waals surface area (Å²) in [6.45, 7) is 2.78. The van der Waals surface area contributed by atoms with Crippen LogP contribution in [0.25, 0.3) is 21.5 Å². The van der Waals surface area contributed by atoms with Crippen molar-refractivity contribution in [1.82, 2.24) is 9.55 Å². The molecule has 0 spiro atoms. The lowest BCUT2D eigenvalue weighted by atomic mass is 10.1. The minimum atomic E-state index is -1.33. The number of halogens is 2. The molecule has 0 bridgehead atoms. The first-order valence-electron chi connectivity index (χ1n) is 12.9. The van der Waals surface area contributed by atoms with Crippen LogP contribution in [0.2, 0.25) is 5.02 Å². The molecule has 210 valence electrons. The fourth-order valence-electron chi connectivity index (χ4n) is 5.05. The van der Waals surface area contributed by atoms with Crippen LogP contribution in [-0.4, -0.2) is 36.3 Å². The summed E-state index contributed by atoms with van der Waals surface area (Å²) in [5.41, 5.74) is 3.22. The fourth-order valence-corrected chi connectivity index (χ4v) is 6.23. The Morgan fingerprint density at radius 2 is 1.95 bits per heavy atom. The third kappa shape index (κ3) is 5.05. The van der Waals surface area contributed by atoms with Crippen LogP contribution in [-0.2, 0) is 28.2 Å². The monoisotopic (exact) mass is 592 g/mol. The topological polar surface area (TPSA) is 71.8 Å². The lowest BCUT2D eigenvalue weighted by Gasteiger charge is -2.24. The Bertz CT molecular complexity index is 1780. The van der Waals surface area contributed by atoms with Gasteiger partial charge in [-0.25, -0.2) is 14.2 Å². The van der Waals surface area contributed by atoms with Gasteiger partial charge in [0.05, 0.1) is 35.9 Å². The van der Waals surface area contributed by atoms with E-state index in [2.05, 4.69) is 10.6 Å². The maximum absolute atomic E-state index is 14.8. The highest BCUT2D eigenvalue weighted by Crippen LogP contribution is 2.50. The van der Waals surface area contributed by atoms with E-state index >= 15 is 0 Å². The van der Waals surface area contributed by atoms with Crippen molar-refractivity contribution in [3.05, 3.63) is 99.4 Å². The SMILES string of the molecule is COCCn1c(Cc2ccc(-c3cccc4c3OC(C)(c3ccc(Cl)cc3F)O4)s2)nc2ccc(C(=O)OC)cc21. The molecule has 1 aliphatic rings. The van der Waals surface area contributed by atoms with E-state index in [4.69, 9.17) is 35.5 Å². The predicted molar refractivity (Wildman–Crippen MR) is 156 cm³/mol. The highest BCUT2D eigenvalue weighted by molar-refractivity contribution is 7.15. The molecule has 0 saturated heterocycles. The van der Waals surface area contributed by atoms with Gasteiger partial charge in [-0.2, -0.15) is 0 Å². The molecule has 3 aromatic carbocycles. The van der Waals surface area contributed by atoms with Crippen molar-refractivity contribution >= 4 is 39.9 Å². The summed E-state index contributed by atoms with van der Waals surface area (Å²) in [5, 5.41) is 0.303. The van der Waals surface area contributed by atoms with Gasteiger partial charge in [-0.3, -0.25) is 0 Å². The van der Waals surface area contributed by atoms with Gasteiger partial charge in [0.1, 0.15) is 11.6 Å². The van der Waals surface area contributed by atoms with E-state index in [9.17, 15) is 9.18 Å². The number of esters is 1. The van der Waals surface area contributed by atoms with E-state index in [0.717, 1.165) is 32.2 Å². The summed E-state index contributed by atoms with van der Waals surface area (Å²) in [7, 11) is 3.02. The van der Waals surface area contributed by atoms with Gasteiger partial charge in [-0.1, -0.05) is 17.7 Å². The number of ether oxygens (including phenoxy) is 4. The molecule has 6 rings (SSSR count). The second-order valence-corrected chi connectivity index (χ2v) is 11.3. The lowest BCUT2D eigenvalue weighted by molar-refractivity contribution is -0.0705. The Balaban J connectivity index is 1.31. The van der Waals surface area contributed by atoms with Gasteiger partial charge < -0.3 is 23.5 Å². The maximum Gasteiger partial charge on any atom is 0.337 e. The number of imidazole rings is 1. The quantitative estimate of drug-likeness (QED) is 0.177. The zero-order chi connectivity index (χ0) is 28.7. The molecule has 10 heteroatoms. The zero-order valence-corrected chi connectivity index (χ0v) is 24.1. The van der Waals surface area contributed by atoms with Crippen molar-refractivity contribution in [2.24, 2.45) is 0 Å². The molecule has 2 aromatic heterocycles. The lowest BCUT2D eigenvalue weighted by Crippen LogP contribution is -2.32. The van der Waals surface area contributed by atoms with Gasteiger partial charge in [0.25, 0.3) is 5.79 Å². The number of aromatic nitrogens is 2. The van der Waals surface area contributed by atoms with E-state index in [-0.39, 0.29) is 5.56 Å². The number of para-hydroxylation sites is 1. The average Bonchev–Trinajstić information content (AvgIpc) is 3.66. The van der Waals surface area contributed by atoms with Crippen LogP contribution in [0.1, 0.15) is 33.5 Å². The summed E-state index contributed by atoms with van der Waals surface area (Å²) in [6, 6.07) is 19.6. The number of hydrogen-bond donors (Lipinski definition) is 0. The molecule has 5 aromatic rings. The van der Waals surface area contributed by atoms with Crippen molar-refractivity contribution < 1.29 is 28.1 Å². The largest absolute Gasteiger partial charge is 0.465 e. The van der Waals surface area contributed by atoms with Crippen molar-refractivity contribution in [1.29, 1.82) is 0 Å². The van der Waals surface area contributed by atoms with Crippen molar-refractivity contribution in [3.8, 4) is 21.9 Å². The van der Waals surface area contributed by atoms with Crippen LogP contribution in [0.4, 0.5) is 4.39 Å². The van der Waals surface area contributed by atoms with E-state index < -0.39 is 17.6 Å². The Morgan fingerprint density at radius 3 is 2.73 bits per heavy atom. The smallest absolute Gasteiger partial charge is 0.337 e. The molecule has 0 fully saturated rings. The number of nitrogens with zero attached hydrogens (tertiary/aromatic N) is 2. The van der Waals surface area contributed by atoms with Gasteiger partial charge in [-0.15, -0.1) is 11.3 Å². The van der Waals surface area contributed by atoms with E-state index in [1.807, 2.05) is 30.3 Å². The number of methoxy groups -OCH3 is 2. The molecule has 1 aliphatic heterocycles. The van der Waals surface area contributed by atoms with E-state index in [1.165, 1.54) is 13.2 Å². The number of benzene rings is 3. The van der Waals surface area contributed by atoms with Gasteiger partial charge >= 0.3 is 5.97 Å². The Kier molecular flexibility index (Phi) is 7.19. The minimum absolute atomic E-state index is 0.265. The van der Waals surface area contributed by atoms with E-state index in [1.54, 1.807) is 49.6 Å². The molecule has 7 nitrogen and oxygen atoms in total. The van der Waals surface area contributed by atoms with E-state index in [0.29, 0.717) is 41.7 Å². The summed E-state index contributed by atoms with van der Waals surface area (Å²) < 4.78 is 39.5. The molecule has 1 atom stereocenters. The summed E-state index contributed by atoms with van der Waals surface area (Å²) in [5.74, 6) is -0.272. The Hall–Kier alpha value is -3.92. The third-order valence-corrected chi connectivity index (χ3v) is 8.38. The predicted octanol–water partition coefficient (Wildman–Crippen LogP) is 7.23. The standard InChI is InChI=1S/C31H26ClFN2O5S/c1-31(22-10-8-19(32)16-23(22)33)39-26-6-4-5-21(29(26)40-31)27-12-9-20(41-27)17-28-34-24-11-7-18(30(36)38-3)15-25(24)35(28)13-14-37-2/h4-12,15-16H,13-14,17H2,1-3H3. The van der Waals surface area contributed by atoms with Crippen molar-refractivity contribution in [2.75, 3.05) is 20.8 Å². The highest BCUT2D eigenvalue weighted by atomic mass is 35.5. The molecule has 0 aliphatic carbocycles. The fraction of sp³-hybridized carbons (Fsp3) is 0.226. The van der Waals surface area contributed by atoms with Crippen LogP contribution >= 0.6 is 22.9 Å².